The smallest absolute Gasteiger partial charge is 0.408 e. The SMILES string of the molecule is O=C(N[C@@H](C(=O)Oc1ccc2ccc(=O)oc2c1)c1ccccc1)OCc1ccccc1. The lowest BCUT2D eigenvalue weighted by Gasteiger charge is -2.18. The van der Waals surface area contributed by atoms with Gasteiger partial charge in [-0.2, -0.15) is 0 Å². The summed E-state index contributed by atoms with van der Waals surface area (Å²) in [5, 5.41) is 3.25. The fourth-order valence-electron chi connectivity index (χ4n) is 3.09. The number of amides is 1. The maximum atomic E-state index is 12.9. The summed E-state index contributed by atoms with van der Waals surface area (Å²) in [5.74, 6) is -0.539. The number of ether oxygens (including phenoxy) is 2. The van der Waals surface area contributed by atoms with E-state index >= 15 is 0 Å². The summed E-state index contributed by atoms with van der Waals surface area (Å²) in [5.41, 5.74) is 1.13. The van der Waals surface area contributed by atoms with Crippen molar-refractivity contribution in [2.75, 3.05) is 0 Å². The molecule has 1 aromatic heterocycles. The van der Waals surface area contributed by atoms with Crippen LogP contribution in [0.3, 0.4) is 0 Å². The summed E-state index contributed by atoms with van der Waals surface area (Å²) in [7, 11) is 0. The molecule has 160 valence electrons. The second kappa shape index (κ2) is 9.61. The van der Waals surface area contributed by atoms with Crippen LogP contribution in [0.2, 0.25) is 0 Å². The molecule has 0 fully saturated rings. The van der Waals surface area contributed by atoms with E-state index in [9.17, 15) is 14.4 Å². The zero-order valence-electron chi connectivity index (χ0n) is 16.9. The van der Waals surface area contributed by atoms with Crippen LogP contribution in [0.5, 0.6) is 5.75 Å². The van der Waals surface area contributed by atoms with E-state index in [0.29, 0.717) is 10.9 Å². The lowest BCUT2D eigenvalue weighted by Crippen LogP contribution is -2.36. The molecule has 7 heteroatoms. The first kappa shape index (κ1) is 20.9. The lowest BCUT2D eigenvalue weighted by atomic mass is 10.1. The second-order valence-corrected chi connectivity index (χ2v) is 6.92. The number of carbonyl (C=O) groups is 2. The molecule has 0 saturated carbocycles. The normalized spacial score (nSPS) is 11.5. The Morgan fingerprint density at radius 1 is 0.875 bits per heavy atom. The first-order valence-corrected chi connectivity index (χ1v) is 9.86. The summed E-state index contributed by atoms with van der Waals surface area (Å²) in [6, 6.07) is 24.4. The average Bonchev–Trinajstić information content (AvgIpc) is 2.82. The van der Waals surface area contributed by atoms with Crippen molar-refractivity contribution in [2.24, 2.45) is 0 Å². The molecule has 1 amide bonds. The number of fused-ring (bicyclic) bond motifs is 1. The molecule has 0 unspecified atom stereocenters. The van der Waals surface area contributed by atoms with E-state index in [4.69, 9.17) is 13.9 Å². The summed E-state index contributed by atoms with van der Waals surface area (Å²) >= 11 is 0. The van der Waals surface area contributed by atoms with Gasteiger partial charge in [-0.25, -0.2) is 14.4 Å². The lowest BCUT2D eigenvalue weighted by molar-refractivity contribution is -0.136. The van der Waals surface area contributed by atoms with E-state index in [-0.39, 0.29) is 17.9 Å². The third-order valence-corrected chi connectivity index (χ3v) is 4.66. The number of hydrogen-bond donors (Lipinski definition) is 1. The van der Waals surface area contributed by atoms with Crippen molar-refractivity contribution in [3.63, 3.8) is 0 Å². The van der Waals surface area contributed by atoms with E-state index < -0.39 is 23.7 Å². The number of hydrogen-bond acceptors (Lipinski definition) is 6. The molecule has 4 aromatic rings. The Balaban J connectivity index is 1.50. The van der Waals surface area contributed by atoms with Gasteiger partial charge in [0.2, 0.25) is 0 Å². The highest BCUT2D eigenvalue weighted by molar-refractivity contribution is 5.85. The Morgan fingerprint density at radius 2 is 1.56 bits per heavy atom. The van der Waals surface area contributed by atoms with E-state index in [1.807, 2.05) is 30.3 Å². The highest BCUT2D eigenvalue weighted by Gasteiger charge is 2.25. The van der Waals surface area contributed by atoms with Gasteiger partial charge < -0.3 is 19.2 Å². The molecule has 0 aliphatic carbocycles. The standard InChI is InChI=1S/C25H19NO6/c27-22-14-12-18-11-13-20(15-21(18)32-22)31-24(28)23(19-9-5-2-6-10-19)26-25(29)30-16-17-7-3-1-4-8-17/h1-15,23H,16H2,(H,26,29)/t23-/m1/s1. The highest BCUT2D eigenvalue weighted by Crippen LogP contribution is 2.22. The molecule has 0 spiro atoms. The monoisotopic (exact) mass is 429 g/mol. The molecule has 4 rings (SSSR count). The van der Waals surface area contributed by atoms with E-state index in [2.05, 4.69) is 5.32 Å². The third kappa shape index (κ3) is 5.20. The van der Waals surface area contributed by atoms with Crippen LogP contribution < -0.4 is 15.7 Å². The van der Waals surface area contributed by atoms with Gasteiger partial charge in [-0.15, -0.1) is 0 Å². The molecular weight excluding hydrogens is 410 g/mol. The van der Waals surface area contributed by atoms with Crippen molar-refractivity contribution in [1.82, 2.24) is 5.32 Å². The van der Waals surface area contributed by atoms with Gasteiger partial charge >= 0.3 is 17.7 Å². The van der Waals surface area contributed by atoms with Crippen LogP contribution in [0.4, 0.5) is 4.79 Å². The second-order valence-electron chi connectivity index (χ2n) is 6.92. The summed E-state index contributed by atoms with van der Waals surface area (Å²) in [6.07, 6.45) is -0.760. The van der Waals surface area contributed by atoms with Crippen LogP contribution in [0.25, 0.3) is 11.0 Å². The van der Waals surface area contributed by atoms with Crippen LogP contribution >= 0.6 is 0 Å². The van der Waals surface area contributed by atoms with Gasteiger partial charge in [0.05, 0.1) is 0 Å². The Morgan fingerprint density at radius 3 is 2.31 bits per heavy atom. The summed E-state index contributed by atoms with van der Waals surface area (Å²) in [6.45, 7) is 0.0624. The first-order chi connectivity index (χ1) is 15.6. The van der Waals surface area contributed by atoms with Crippen LogP contribution in [0.1, 0.15) is 17.2 Å². The van der Waals surface area contributed by atoms with Crippen molar-refractivity contribution in [2.45, 2.75) is 12.6 Å². The van der Waals surface area contributed by atoms with E-state index in [1.165, 1.54) is 12.1 Å². The average molecular weight is 429 g/mol. The Bertz CT molecular complexity index is 1280. The van der Waals surface area contributed by atoms with Crippen molar-refractivity contribution in [3.8, 4) is 5.75 Å². The first-order valence-electron chi connectivity index (χ1n) is 9.86. The van der Waals surface area contributed by atoms with Crippen molar-refractivity contribution < 1.29 is 23.5 Å². The van der Waals surface area contributed by atoms with Gasteiger partial charge in [-0.05, 0) is 29.3 Å². The van der Waals surface area contributed by atoms with Gasteiger partial charge in [0.15, 0.2) is 6.04 Å². The maximum Gasteiger partial charge on any atom is 0.408 e. The molecule has 1 heterocycles. The minimum Gasteiger partial charge on any atom is -0.445 e. The predicted molar refractivity (Wildman–Crippen MR) is 117 cm³/mol. The Hall–Kier alpha value is -4.39. The number of esters is 1. The molecule has 0 aliphatic heterocycles. The van der Waals surface area contributed by atoms with Crippen LogP contribution in [-0.2, 0) is 16.1 Å². The topological polar surface area (TPSA) is 94.8 Å². The van der Waals surface area contributed by atoms with Crippen molar-refractivity contribution in [3.05, 3.63) is 113 Å². The molecule has 7 nitrogen and oxygen atoms in total. The molecule has 0 aliphatic rings. The zero-order valence-corrected chi connectivity index (χ0v) is 16.9. The van der Waals surface area contributed by atoms with Crippen LogP contribution in [0.15, 0.2) is 100 Å². The van der Waals surface area contributed by atoms with Gasteiger partial charge in [0.1, 0.15) is 17.9 Å². The number of rotatable bonds is 6. The highest BCUT2D eigenvalue weighted by atomic mass is 16.6. The number of carbonyl (C=O) groups excluding carboxylic acids is 2. The summed E-state index contributed by atoms with van der Waals surface area (Å²) < 4.78 is 15.8. The molecule has 1 N–H and O–H groups in total. The van der Waals surface area contributed by atoms with Gasteiger partial charge in [-0.1, -0.05) is 60.7 Å². The molecular formula is C25H19NO6. The largest absolute Gasteiger partial charge is 0.445 e. The quantitative estimate of drug-likeness (QED) is 0.278. The molecule has 1 atom stereocenters. The third-order valence-electron chi connectivity index (χ3n) is 4.66. The fraction of sp³-hybridized carbons (Fsp3) is 0.0800. The molecule has 0 radical (unpaired) electrons. The maximum absolute atomic E-state index is 12.9. The number of benzene rings is 3. The summed E-state index contributed by atoms with van der Waals surface area (Å²) in [4.78, 5) is 36.8. The predicted octanol–water partition coefficient (Wildman–Crippen LogP) is 4.37. The molecule has 0 bridgehead atoms. The van der Waals surface area contributed by atoms with Crippen molar-refractivity contribution >= 4 is 23.0 Å². The van der Waals surface area contributed by atoms with Gasteiger partial charge in [-0.3, -0.25) is 0 Å². The van der Waals surface area contributed by atoms with Gasteiger partial charge in [0.25, 0.3) is 0 Å². The van der Waals surface area contributed by atoms with E-state index in [0.717, 1.165) is 5.56 Å². The van der Waals surface area contributed by atoms with Gasteiger partial charge in [0, 0.05) is 17.5 Å². The van der Waals surface area contributed by atoms with E-state index in [1.54, 1.807) is 48.5 Å². The fourth-order valence-corrected chi connectivity index (χ4v) is 3.09. The minimum absolute atomic E-state index is 0.0624. The Kier molecular flexibility index (Phi) is 6.27. The van der Waals surface area contributed by atoms with Crippen LogP contribution in [-0.4, -0.2) is 12.1 Å². The van der Waals surface area contributed by atoms with Crippen molar-refractivity contribution in [1.29, 1.82) is 0 Å². The molecule has 0 saturated heterocycles. The zero-order chi connectivity index (χ0) is 22.3. The number of alkyl carbamates (subject to hydrolysis) is 1. The Labute approximate surface area is 183 Å². The number of nitrogens with one attached hydrogen (secondary N) is 1. The molecule has 3 aromatic carbocycles. The van der Waals surface area contributed by atoms with Crippen LogP contribution in [0, 0.1) is 0 Å². The molecule has 32 heavy (non-hydrogen) atoms. The minimum atomic E-state index is -1.10.